The molecule has 0 radical (unpaired) electrons. The van der Waals surface area contributed by atoms with Crippen LogP contribution in [0.1, 0.15) is 61.1 Å². The first-order chi connectivity index (χ1) is 19.1. The first-order valence-electron chi connectivity index (χ1n) is 13.3. The van der Waals surface area contributed by atoms with Gasteiger partial charge in [-0.3, -0.25) is 4.79 Å². The summed E-state index contributed by atoms with van der Waals surface area (Å²) in [5, 5.41) is 13.2. The Morgan fingerprint density at radius 2 is 1.51 bits per heavy atom. The zero-order valence-electron chi connectivity index (χ0n) is 22.2. The van der Waals surface area contributed by atoms with E-state index in [2.05, 4.69) is 10.1 Å². The molecule has 7 heteroatoms. The van der Waals surface area contributed by atoms with Crippen LogP contribution in [0.2, 0.25) is 0 Å². The van der Waals surface area contributed by atoms with Gasteiger partial charge >= 0.3 is 5.97 Å². The maximum atomic E-state index is 10.7. The summed E-state index contributed by atoms with van der Waals surface area (Å²) in [4.78, 5) is 21.0. The number of oxime groups is 1. The largest absolute Gasteiger partial charge is 0.487 e. The fraction of sp³-hybridized carbons (Fsp3) is 0.281. The summed E-state index contributed by atoms with van der Waals surface area (Å²) < 4.78 is 11.8. The highest BCUT2D eigenvalue weighted by molar-refractivity contribution is 6.00. The lowest BCUT2D eigenvalue weighted by atomic mass is 10.0. The van der Waals surface area contributed by atoms with Crippen LogP contribution in [0, 0.1) is 6.92 Å². The van der Waals surface area contributed by atoms with Crippen LogP contribution in [-0.2, 0) is 22.8 Å². The molecule has 3 aromatic carbocycles. The van der Waals surface area contributed by atoms with Crippen molar-refractivity contribution < 1.29 is 23.9 Å². The summed E-state index contributed by atoms with van der Waals surface area (Å²) in [6, 6.07) is 27.5. The van der Waals surface area contributed by atoms with Crippen molar-refractivity contribution in [3.05, 3.63) is 108 Å². The summed E-state index contributed by atoms with van der Waals surface area (Å²) in [5.74, 6) is 1.33. The Kier molecular flexibility index (Phi) is 10.3. The number of unbranched alkanes of at least 4 members (excludes halogenated alkanes) is 3. The first-order valence-corrected chi connectivity index (χ1v) is 13.3. The monoisotopic (exact) mass is 526 g/mol. The predicted octanol–water partition coefficient (Wildman–Crippen LogP) is 7.58. The van der Waals surface area contributed by atoms with E-state index in [-0.39, 0.29) is 6.42 Å². The number of aryl methyl sites for hydroxylation is 1. The molecule has 0 bridgehead atoms. The van der Waals surface area contributed by atoms with Crippen LogP contribution in [0.15, 0.2) is 94.5 Å². The third-order valence-corrected chi connectivity index (χ3v) is 6.28. The first kappa shape index (κ1) is 27.6. The van der Waals surface area contributed by atoms with Crippen LogP contribution in [-0.4, -0.2) is 21.8 Å². The Balaban J connectivity index is 1.27. The maximum Gasteiger partial charge on any atom is 0.303 e. The lowest BCUT2D eigenvalue weighted by molar-refractivity contribution is -0.137. The van der Waals surface area contributed by atoms with E-state index in [0.29, 0.717) is 25.5 Å². The minimum atomic E-state index is -0.739. The third-order valence-electron chi connectivity index (χ3n) is 6.28. The molecule has 0 saturated carbocycles. The van der Waals surface area contributed by atoms with Crippen LogP contribution in [0.3, 0.4) is 0 Å². The maximum absolute atomic E-state index is 10.7. The number of carbonyl (C=O) groups is 1. The van der Waals surface area contributed by atoms with E-state index < -0.39 is 5.97 Å². The Bertz CT molecular complexity index is 1330. The van der Waals surface area contributed by atoms with Crippen molar-refractivity contribution in [3.63, 3.8) is 0 Å². The van der Waals surface area contributed by atoms with E-state index in [9.17, 15) is 4.79 Å². The topological polar surface area (TPSA) is 94.2 Å². The molecular formula is C32H34N2O5. The van der Waals surface area contributed by atoms with Crippen LogP contribution in [0.4, 0.5) is 0 Å². The molecule has 4 aromatic rings. The molecule has 0 atom stereocenters. The van der Waals surface area contributed by atoms with E-state index in [1.807, 2.05) is 91.9 Å². The second kappa shape index (κ2) is 14.5. The van der Waals surface area contributed by atoms with Gasteiger partial charge in [-0.05, 0) is 61.6 Å². The van der Waals surface area contributed by atoms with Crippen LogP contribution < -0.4 is 4.74 Å². The zero-order valence-corrected chi connectivity index (χ0v) is 22.2. The van der Waals surface area contributed by atoms with Gasteiger partial charge in [0.1, 0.15) is 30.4 Å². The molecule has 0 aliphatic heterocycles. The van der Waals surface area contributed by atoms with E-state index >= 15 is 0 Å². The van der Waals surface area contributed by atoms with Gasteiger partial charge in [-0.15, -0.1) is 0 Å². The van der Waals surface area contributed by atoms with Crippen LogP contribution >= 0.6 is 0 Å². The molecule has 0 fully saturated rings. The molecule has 1 N–H and O–H groups in total. The highest BCUT2D eigenvalue weighted by atomic mass is 16.6. The van der Waals surface area contributed by atoms with E-state index in [1.54, 1.807) is 0 Å². The molecule has 1 aromatic heterocycles. The van der Waals surface area contributed by atoms with Crippen LogP contribution in [0.5, 0.6) is 5.75 Å². The molecule has 0 aliphatic rings. The summed E-state index contributed by atoms with van der Waals surface area (Å²) in [7, 11) is 0. The lowest BCUT2D eigenvalue weighted by Gasteiger charge is -2.08. The number of benzene rings is 3. The van der Waals surface area contributed by atoms with Crippen molar-refractivity contribution in [2.24, 2.45) is 5.16 Å². The standard InChI is InChI=1S/C32H34N2O5/c1-24-30(33-32(39-24)27-14-8-5-9-15-27)23-37-28-20-18-25(19-21-28)22-38-34-29(26-12-6-4-7-13-26)16-10-2-3-11-17-31(35)36/h4-9,12-15,18-21H,2-3,10-11,16-17,22-23H2,1H3,(H,35,36)/b34-29+. The Hall–Kier alpha value is -4.39. The number of carboxylic acids is 1. The van der Waals surface area contributed by atoms with Gasteiger partial charge in [0.05, 0.1) is 5.71 Å². The predicted molar refractivity (Wildman–Crippen MR) is 151 cm³/mol. The van der Waals surface area contributed by atoms with Gasteiger partial charge in [-0.2, -0.15) is 0 Å². The van der Waals surface area contributed by atoms with E-state index in [1.165, 1.54) is 0 Å². The zero-order chi connectivity index (χ0) is 27.3. The van der Waals surface area contributed by atoms with Crippen LogP contribution in [0.25, 0.3) is 11.5 Å². The van der Waals surface area contributed by atoms with Gasteiger partial charge in [0, 0.05) is 12.0 Å². The van der Waals surface area contributed by atoms with Crippen molar-refractivity contribution in [2.45, 2.75) is 58.7 Å². The summed E-state index contributed by atoms with van der Waals surface area (Å²) in [6.45, 7) is 2.55. The summed E-state index contributed by atoms with van der Waals surface area (Å²) >= 11 is 0. The van der Waals surface area contributed by atoms with E-state index in [0.717, 1.165) is 65.3 Å². The van der Waals surface area contributed by atoms with Crippen molar-refractivity contribution >= 4 is 11.7 Å². The number of aromatic nitrogens is 1. The number of nitrogens with zero attached hydrogens (tertiary/aromatic N) is 2. The Morgan fingerprint density at radius 1 is 0.846 bits per heavy atom. The fourth-order valence-electron chi connectivity index (χ4n) is 4.08. The normalized spacial score (nSPS) is 11.4. The molecular weight excluding hydrogens is 492 g/mol. The van der Waals surface area contributed by atoms with Gasteiger partial charge in [0.15, 0.2) is 0 Å². The SMILES string of the molecule is Cc1oc(-c2ccccc2)nc1COc1ccc(CO/N=C(\CCCCCCC(=O)O)c2ccccc2)cc1. The molecule has 0 spiro atoms. The fourth-order valence-corrected chi connectivity index (χ4v) is 4.08. The minimum Gasteiger partial charge on any atom is -0.487 e. The average molecular weight is 527 g/mol. The smallest absolute Gasteiger partial charge is 0.303 e. The molecule has 202 valence electrons. The number of rotatable bonds is 15. The van der Waals surface area contributed by atoms with Gasteiger partial charge in [0.25, 0.3) is 0 Å². The van der Waals surface area contributed by atoms with Gasteiger partial charge in [0.2, 0.25) is 5.89 Å². The lowest BCUT2D eigenvalue weighted by Crippen LogP contribution is -2.03. The Morgan fingerprint density at radius 3 is 2.21 bits per heavy atom. The second-order valence-electron chi connectivity index (χ2n) is 9.31. The Labute approximate surface area is 229 Å². The van der Waals surface area contributed by atoms with Crippen molar-refractivity contribution in [2.75, 3.05) is 0 Å². The molecule has 7 nitrogen and oxygen atoms in total. The minimum absolute atomic E-state index is 0.224. The van der Waals surface area contributed by atoms with Gasteiger partial charge in [-0.25, -0.2) is 4.98 Å². The number of hydrogen-bond acceptors (Lipinski definition) is 6. The van der Waals surface area contributed by atoms with Gasteiger partial charge in [-0.1, -0.05) is 78.7 Å². The third kappa shape index (κ3) is 8.85. The number of oxazole rings is 1. The van der Waals surface area contributed by atoms with Crippen molar-refractivity contribution in [1.82, 2.24) is 4.98 Å². The van der Waals surface area contributed by atoms with Crippen molar-refractivity contribution in [1.29, 1.82) is 0 Å². The van der Waals surface area contributed by atoms with E-state index in [4.69, 9.17) is 19.1 Å². The molecule has 0 saturated heterocycles. The summed E-state index contributed by atoms with van der Waals surface area (Å²) in [5.41, 5.74) is 4.61. The highest BCUT2D eigenvalue weighted by Crippen LogP contribution is 2.23. The molecule has 4 rings (SSSR count). The number of ether oxygens (including phenoxy) is 1. The second-order valence-corrected chi connectivity index (χ2v) is 9.31. The quantitative estimate of drug-likeness (QED) is 0.0975. The average Bonchev–Trinajstić information content (AvgIpc) is 3.34. The number of carboxylic acid groups (broad SMARTS) is 1. The molecule has 39 heavy (non-hydrogen) atoms. The molecule has 0 amide bonds. The van der Waals surface area contributed by atoms with Gasteiger partial charge < -0.3 is 19.1 Å². The number of hydrogen-bond donors (Lipinski definition) is 1. The number of aliphatic carboxylic acids is 1. The summed E-state index contributed by atoms with van der Waals surface area (Å²) in [6.07, 6.45) is 4.49. The highest BCUT2D eigenvalue weighted by Gasteiger charge is 2.12. The molecule has 0 unspecified atom stereocenters. The van der Waals surface area contributed by atoms with Crippen molar-refractivity contribution in [3.8, 4) is 17.2 Å². The molecule has 0 aliphatic carbocycles. The molecule has 1 heterocycles.